The fourth-order valence-electron chi connectivity index (χ4n) is 10.5. The summed E-state index contributed by atoms with van der Waals surface area (Å²) in [6.45, 7) is 18.4. The predicted octanol–water partition coefficient (Wildman–Crippen LogP) is 15.5. The number of ether oxygens (including phenoxy) is 8. The molecule has 0 aliphatic carbocycles. The van der Waals surface area contributed by atoms with Crippen molar-refractivity contribution in [2.45, 2.75) is 141 Å². The monoisotopic (exact) mass is 1690 g/mol. The standard InChI is InChI=1S/C18H18N2O6S.C18H18N2O4S.C18H15P.C10H18N2O4.C10H10N2O3S.C8H10O2.C4H8O/c1-4-12-9-14(21)26-17-15(12)16(19-18(20-17)27(3,22)23)25-10-11-5-7-13(24-2)8-6-11;1-4-12-9-14(21)24-17-15(12)16(19-18(20-17)25-3)23-10-11-5-7-13(22-2)8-6-11;1-4-10-16(11-5-1)19(17-12-6-2-7-13-17)18-14-8-3-9-15-18;1-9(2,3)15-7(13)11-12-8(14)16-10(4,5)6;1-3-5-4-6(13)15-9-7(5)8(14)11-10(12-9)16-2;1-10-8-4-2-7(6-9)3-5-8;1-2-4-5-3-1/h5-9H,4,10H2,1-3H3;5-9H,4,10H2,1-3H3;1-15H;1-6H3;4H,3H2,1-2H3,(H,11,12,14);2-5,9H,6H2,1H3;1-4H2. The molecule has 6 aromatic heterocycles. The Morgan fingerprint density at radius 2 is 0.864 bits per heavy atom. The van der Waals surface area contributed by atoms with E-state index < -0.39 is 63.2 Å². The number of amides is 2. The number of hydrogen-bond acceptors (Lipinski definition) is 27. The van der Waals surface area contributed by atoms with E-state index in [1.807, 2.05) is 87.7 Å². The Bertz CT molecular complexity index is 5460. The molecule has 1 saturated heterocycles. The number of aromatic nitrogens is 6. The first-order valence-electron chi connectivity index (χ1n) is 37.1. The van der Waals surface area contributed by atoms with E-state index >= 15 is 0 Å². The van der Waals surface area contributed by atoms with Gasteiger partial charge in [-0.2, -0.15) is 24.9 Å². The van der Waals surface area contributed by atoms with E-state index in [-0.39, 0.29) is 41.8 Å². The molecule has 7 heterocycles. The number of thioether (sulfide) groups is 2. The Labute approximate surface area is 693 Å². The van der Waals surface area contributed by atoms with E-state index in [1.54, 1.807) is 81.3 Å². The lowest BCUT2D eigenvalue weighted by Crippen LogP contribution is -2.23. The first kappa shape index (κ1) is 93.7. The van der Waals surface area contributed by atoms with Crippen LogP contribution < -0.4 is 62.0 Å². The van der Waals surface area contributed by atoms with E-state index in [1.165, 1.54) is 70.5 Å². The van der Waals surface area contributed by atoms with Crippen molar-refractivity contribution in [3.8, 4) is 29.0 Å². The number of nitrogens with zero attached hydrogens (tertiary/aromatic N) is 7. The lowest BCUT2D eigenvalue weighted by molar-refractivity contribution is 0.0516. The molecule has 12 aromatic rings. The van der Waals surface area contributed by atoms with Gasteiger partial charge >= 0.3 is 29.1 Å². The van der Waals surface area contributed by atoms with Crippen LogP contribution in [-0.2, 0) is 63.1 Å². The molecule has 2 amide bonds. The second kappa shape index (κ2) is 46.5. The molecule has 0 bridgehead atoms. The normalized spacial score (nSPS) is 11.6. The van der Waals surface area contributed by atoms with Gasteiger partial charge in [-0.3, -0.25) is 4.79 Å². The number of azo groups is 1. The van der Waals surface area contributed by atoms with Crippen LogP contribution in [0.2, 0.25) is 0 Å². The molecule has 6 aromatic carbocycles. The molecule has 0 atom stereocenters. The zero-order chi connectivity index (χ0) is 86.0. The lowest BCUT2D eigenvalue weighted by atomic mass is 10.1. The zero-order valence-corrected chi connectivity index (χ0v) is 71.7. The van der Waals surface area contributed by atoms with Crippen molar-refractivity contribution in [1.29, 1.82) is 0 Å². The number of aryl methyl sites for hydroxylation is 3. The summed E-state index contributed by atoms with van der Waals surface area (Å²) >= 11 is 2.65. The van der Waals surface area contributed by atoms with Crippen LogP contribution in [0.4, 0.5) is 9.59 Å². The number of aliphatic hydroxyl groups is 1. The molecule has 1 aliphatic rings. The second-order valence-corrected chi connectivity index (χ2v) is 32.8. The smallest absolute Gasteiger partial charge is 0.453 e. The van der Waals surface area contributed by atoms with E-state index in [0.29, 0.717) is 75.1 Å². The average Bonchev–Trinajstić information content (AvgIpc) is 0.803. The summed E-state index contributed by atoms with van der Waals surface area (Å²) in [5, 5.41) is 20.9. The lowest BCUT2D eigenvalue weighted by Gasteiger charge is -2.18. The van der Waals surface area contributed by atoms with Crippen molar-refractivity contribution in [3.63, 3.8) is 0 Å². The minimum Gasteiger partial charge on any atom is -0.497 e. The van der Waals surface area contributed by atoms with Gasteiger partial charge in [0.25, 0.3) is 10.7 Å². The summed E-state index contributed by atoms with van der Waals surface area (Å²) in [5.41, 5.74) is 1.95. The zero-order valence-electron chi connectivity index (χ0n) is 68.4. The third-order valence-corrected chi connectivity index (χ3v) is 20.5. The number of carbonyl (C=O) groups is 2. The SMILES string of the molecule is C1CCOC1.CC(C)(C)OC(=O)N=NC(=O)OC(C)(C)C.CCc1cc(=O)oc2nc(S(C)(=O)=O)nc(OCc3ccc(OC)cc3)c12.CCc1cc(=O)oc2nc(SC)[nH]c(=O)c12.CCc1cc(=O)oc2nc(SC)nc(OCc3ccc(OC)cc3)c12.COc1ccc(CO)cc1.c1ccc(P(c2ccccc2)c2ccccc2)cc1. The third-order valence-electron chi connectivity index (χ3n) is 16.1. The van der Waals surface area contributed by atoms with Gasteiger partial charge in [0.1, 0.15) is 57.8 Å². The number of nitrogens with one attached hydrogen (secondary N) is 1. The minimum atomic E-state index is -3.72. The number of aromatic amines is 1. The molecule has 13 rings (SSSR count). The Kier molecular flexibility index (Phi) is 36.9. The van der Waals surface area contributed by atoms with Crippen molar-refractivity contribution in [1.82, 2.24) is 29.9 Å². The first-order chi connectivity index (χ1) is 56.4. The van der Waals surface area contributed by atoms with Crippen LogP contribution in [0.5, 0.6) is 29.0 Å². The molecule has 0 radical (unpaired) electrons. The first-order valence-corrected chi connectivity index (χ1v) is 42.8. The molecule has 32 heteroatoms. The number of fused-ring (bicyclic) bond motifs is 3. The average molecular weight is 1690 g/mol. The molecule has 0 spiro atoms. The van der Waals surface area contributed by atoms with Gasteiger partial charge in [0.05, 0.1) is 27.9 Å². The van der Waals surface area contributed by atoms with Crippen LogP contribution in [0.3, 0.4) is 0 Å². The van der Waals surface area contributed by atoms with Gasteiger partial charge in [-0.05, 0) is 180 Å². The number of hydrogen-bond donors (Lipinski definition) is 2. The second-order valence-electron chi connectivity index (χ2n) is 27.1. The van der Waals surface area contributed by atoms with Crippen LogP contribution in [0.15, 0.2) is 240 Å². The van der Waals surface area contributed by atoms with Gasteiger partial charge in [-0.15, -0.1) is 0 Å². The van der Waals surface area contributed by atoms with Gasteiger partial charge in [-0.1, -0.05) is 182 Å². The Balaban J connectivity index is 0.000000197. The van der Waals surface area contributed by atoms with Crippen LogP contribution >= 0.6 is 31.4 Å². The van der Waals surface area contributed by atoms with Gasteiger partial charge in [0.15, 0.2) is 10.3 Å². The summed E-state index contributed by atoms with van der Waals surface area (Å²) in [4.78, 5) is 92.0. The van der Waals surface area contributed by atoms with Gasteiger partial charge < -0.3 is 61.2 Å². The van der Waals surface area contributed by atoms with E-state index in [0.717, 1.165) is 53.2 Å². The van der Waals surface area contributed by atoms with E-state index in [2.05, 4.69) is 131 Å². The maximum absolute atomic E-state index is 11.9. The van der Waals surface area contributed by atoms with Gasteiger partial charge in [0, 0.05) is 37.7 Å². The molecule has 0 unspecified atom stereocenters. The van der Waals surface area contributed by atoms with Crippen molar-refractivity contribution in [3.05, 3.63) is 257 Å². The molecular weight excluding hydrogens is 1590 g/mol. The number of carbonyl (C=O) groups excluding carboxylic acids is 2. The van der Waals surface area contributed by atoms with Crippen LogP contribution in [0.1, 0.15) is 109 Å². The number of H-pyrrole nitrogens is 1. The molecule has 1 fully saturated rings. The number of sulfone groups is 1. The van der Waals surface area contributed by atoms with Gasteiger partial charge in [0.2, 0.25) is 38.7 Å². The highest BCUT2D eigenvalue weighted by atomic mass is 32.2. The molecular formula is C86H97N8O20PS3. The number of benzene rings is 6. The van der Waals surface area contributed by atoms with Gasteiger partial charge in [-0.25, -0.2) is 32.4 Å². The van der Waals surface area contributed by atoms with Crippen LogP contribution in [-0.4, -0.2) is 120 Å². The maximum Gasteiger partial charge on any atom is 0.453 e. The van der Waals surface area contributed by atoms with Crippen LogP contribution in [0.25, 0.3) is 33.3 Å². The molecule has 28 nitrogen and oxygen atoms in total. The highest BCUT2D eigenvalue weighted by Gasteiger charge is 2.24. The minimum absolute atomic E-state index is 0.0526. The van der Waals surface area contributed by atoms with Crippen molar-refractivity contribution < 1.29 is 74.3 Å². The third kappa shape index (κ3) is 30.2. The van der Waals surface area contributed by atoms with Crippen LogP contribution in [0, 0.1) is 0 Å². The highest BCUT2D eigenvalue weighted by Crippen LogP contribution is 2.34. The number of rotatable bonds is 19. The fourth-order valence-corrected chi connectivity index (χ4v) is 14.0. The van der Waals surface area contributed by atoms with E-state index in [9.17, 15) is 37.2 Å². The van der Waals surface area contributed by atoms with Crippen molar-refractivity contribution >= 4 is 103 Å². The van der Waals surface area contributed by atoms with Crippen molar-refractivity contribution in [2.75, 3.05) is 53.3 Å². The summed E-state index contributed by atoms with van der Waals surface area (Å²) in [6.07, 6.45) is 7.08. The fraction of sp³-hybridized carbons (Fsp3) is 0.314. The summed E-state index contributed by atoms with van der Waals surface area (Å²) < 4.78 is 80.6. The van der Waals surface area contributed by atoms with E-state index in [4.69, 9.17) is 56.3 Å². The highest BCUT2D eigenvalue weighted by molar-refractivity contribution is 7.98. The number of methoxy groups -OCH3 is 3. The summed E-state index contributed by atoms with van der Waals surface area (Å²) in [5.74, 6) is 2.79. The molecule has 118 heavy (non-hydrogen) atoms. The summed E-state index contributed by atoms with van der Waals surface area (Å²) in [6, 6.07) is 58.6. The molecule has 1 aliphatic heterocycles. The Hall–Kier alpha value is -11.5. The Morgan fingerprint density at radius 3 is 1.19 bits per heavy atom. The molecule has 624 valence electrons. The maximum atomic E-state index is 11.9. The quantitative estimate of drug-likeness (QED) is 0.0328. The largest absolute Gasteiger partial charge is 0.497 e. The molecule has 0 saturated carbocycles. The topological polar surface area (TPSA) is 375 Å². The molecule has 2 N–H and O–H groups in total. The number of aliphatic hydroxyl groups excluding tert-OH is 1. The van der Waals surface area contributed by atoms with Crippen molar-refractivity contribution in [2.24, 2.45) is 10.2 Å². The summed E-state index contributed by atoms with van der Waals surface area (Å²) in [7, 11) is 0.653. The predicted molar refractivity (Wildman–Crippen MR) is 458 cm³/mol. The Morgan fingerprint density at radius 1 is 0.500 bits per heavy atom.